The van der Waals surface area contributed by atoms with Crippen LogP contribution in [0, 0.1) is 13.8 Å². The maximum atomic E-state index is 3.51. The van der Waals surface area contributed by atoms with Crippen LogP contribution in [-0.4, -0.2) is 0 Å². The number of aryl methyl sites for hydroxylation is 2. The molecule has 0 aromatic carbocycles. The lowest BCUT2D eigenvalue weighted by atomic mass is 10.3. The highest BCUT2D eigenvalue weighted by molar-refractivity contribution is 9.11. The summed E-state index contributed by atoms with van der Waals surface area (Å²) in [5, 5.41) is 9.34. The van der Waals surface area contributed by atoms with Gasteiger partial charge >= 0.3 is 0 Å². The summed E-state index contributed by atoms with van der Waals surface area (Å²) in [7, 11) is 0. The first-order chi connectivity index (χ1) is 9.16. The Morgan fingerprint density at radius 1 is 0.895 bits per heavy atom. The lowest BCUT2D eigenvalue weighted by Crippen LogP contribution is -1.60. The van der Waals surface area contributed by atoms with E-state index in [0.717, 1.165) is 0 Å². The molecule has 98 valence electrons. The quantitative estimate of drug-likeness (QED) is 0.297. The molecule has 0 bridgehead atoms. The molecule has 0 fully saturated rings. The Hall–Kier alpha value is -0.200. The van der Waals surface area contributed by atoms with Gasteiger partial charge in [-0.25, -0.2) is 0 Å². The molecule has 19 heavy (non-hydrogen) atoms. The lowest BCUT2D eigenvalue weighted by Gasteiger charge is -1.81. The van der Waals surface area contributed by atoms with E-state index in [1.165, 1.54) is 33.7 Å². The van der Waals surface area contributed by atoms with Crippen molar-refractivity contribution in [3.05, 3.63) is 43.2 Å². The number of fused-ring (bicyclic) bond motifs is 2. The zero-order chi connectivity index (χ0) is 13.4. The predicted molar refractivity (Wildman–Crippen MR) is 96.6 cm³/mol. The maximum absolute atomic E-state index is 3.51. The first-order valence-electron chi connectivity index (χ1n) is 5.70. The molecule has 4 rings (SSSR count). The Balaban J connectivity index is 0.000000117. The Bertz CT molecular complexity index is 815. The van der Waals surface area contributed by atoms with Gasteiger partial charge in [0.1, 0.15) is 0 Å². The van der Waals surface area contributed by atoms with Crippen LogP contribution in [0.2, 0.25) is 0 Å². The minimum atomic E-state index is 1.27. The van der Waals surface area contributed by atoms with Crippen molar-refractivity contribution in [2.45, 2.75) is 13.8 Å². The summed E-state index contributed by atoms with van der Waals surface area (Å²) in [6.45, 7) is 4.31. The van der Waals surface area contributed by atoms with E-state index in [4.69, 9.17) is 0 Å². The molecule has 0 spiro atoms. The Labute approximate surface area is 136 Å². The van der Waals surface area contributed by atoms with Gasteiger partial charge in [-0.05, 0) is 69.2 Å². The molecule has 5 heteroatoms. The van der Waals surface area contributed by atoms with E-state index in [-0.39, 0.29) is 0 Å². The number of hydrogen-bond acceptors (Lipinski definition) is 4. The zero-order valence-corrected chi connectivity index (χ0v) is 15.2. The third-order valence-corrected chi connectivity index (χ3v) is 8.31. The van der Waals surface area contributed by atoms with E-state index in [1.54, 1.807) is 0 Å². The van der Waals surface area contributed by atoms with Crippen molar-refractivity contribution in [3.8, 4) is 0 Å². The zero-order valence-electron chi connectivity index (χ0n) is 10.4. The van der Waals surface area contributed by atoms with Crippen LogP contribution in [0.3, 0.4) is 0 Å². The first-order valence-corrected chi connectivity index (χ1v) is 9.95. The lowest BCUT2D eigenvalue weighted by molar-refractivity contribution is 1.58. The maximum Gasteiger partial charge on any atom is 0.0879 e. The van der Waals surface area contributed by atoms with Crippen LogP contribution < -0.4 is 0 Å². The first kappa shape index (κ1) is 13.8. The Morgan fingerprint density at radius 3 is 2.26 bits per heavy atom. The van der Waals surface area contributed by atoms with Crippen molar-refractivity contribution in [2.75, 3.05) is 0 Å². The number of rotatable bonds is 0. The molecule has 0 saturated heterocycles. The summed E-state index contributed by atoms with van der Waals surface area (Å²) < 4.78 is 4.14. The summed E-state index contributed by atoms with van der Waals surface area (Å²) in [5.74, 6) is 0. The van der Waals surface area contributed by atoms with Crippen molar-refractivity contribution in [1.82, 2.24) is 0 Å². The van der Waals surface area contributed by atoms with E-state index in [9.17, 15) is 0 Å². The molecular weight excluding hydrogens is 376 g/mol. The van der Waals surface area contributed by atoms with Gasteiger partial charge in [-0.2, -0.15) is 0 Å². The third kappa shape index (κ3) is 2.67. The van der Waals surface area contributed by atoms with E-state index < -0.39 is 0 Å². The monoisotopic (exact) mass is 386 g/mol. The molecule has 0 aliphatic rings. The summed E-state index contributed by atoms with van der Waals surface area (Å²) in [4.78, 5) is 0. The number of hydrogen-bond donors (Lipinski definition) is 0. The minimum Gasteiger partial charge on any atom is -0.133 e. The van der Waals surface area contributed by atoms with Gasteiger partial charge in [0.15, 0.2) is 0 Å². The minimum absolute atomic E-state index is 1.27. The second-order valence-corrected chi connectivity index (χ2v) is 9.73. The average molecular weight is 387 g/mol. The van der Waals surface area contributed by atoms with Gasteiger partial charge in [0.2, 0.25) is 0 Å². The highest BCUT2D eigenvalue weighted by atomic mass is 79.9. The molecule has 0 radical (unpaired) electrons. The normalized spacial score (nSPS) is 10.9. The number of thiophene rings is 4. The van der Waals surface area contributed by atoms with Crippen LogP contribution >= 0.6 is 61.3 Å². The highest BCUT2D eigenvalue weighted by Crippen LogP contribution is 2.37. The standard InChI is InChI=1S/C7H5BrS2.C7H6S2/c1-4-5-2-3-9-7(5)10-6(4)8;1-5-4-9-7-6(5)2-3-8-7/h2-3H,1H3;2-4H,1H3. The summed E-state index contributed by atoms with van der Waals surface area (Å²) in [6, 6.07) is 4.36. The molecule has 0 aliphatic carbocycles. The predicted octanol–water partition coefficient (Wildman–Crippen LogP) is 7.30. The fourth-order valence-electron chi connectivity index (χ4n) is 1.80. The van der Waals surface area contributed by atoms with Gasteiger partial charge in [0.05, 0.1) is 11.8 Å². The smallest absolute Gasteiger partial charge is 0.0879 e. The molecule has 0 aliphatic heterocycles. The van der Waals surface area contributed by atoms with Gasteiger partial charge in [-0.3, -0.25) is 0 Å². The largest absolute Gasteiger partial charge is 0.133 e. The number of halogens is 1. The van der Waals surface area contributed by atoms with Gasteiger partial charge in [-0.15, -0.1) is 45.3 Å². The summed E-state index contributed by atoms with van der Waals surface area (Å²) >= 11 is 10.8. The molecule has 4 heterocycles. The summed E-state index contributed by atoms with van der Waals surface area (Å²) in [5.41, 5.74) is 2.79. The van der Waals surface area contributed by atoms with E-state index in [0.29, 0.717) is 0 Å². The second kappa shape index (κ2) is 5.66. The van der Waals surface area contributed by atoms with E-state index in [1.807, 2.05) is 45.3 Å². The highest BCUT2D eigenvalue weighted by Gasteiger charge is 2.05. The van der Waals surface area contributed by atoms with Gasteiger partial charge in [0, 0.05) is 10.8 Å². The van der Waals surface area contributed by atoms with Gasteiger partial charge in [-0.1, -0.05) is 0 Å². The molecule has 0 N–H and O–H groups in total. The average Bonchev–Trinajstić information content (AvgIpc) is 3.10. The van der Waals surface area contributed by atoms with Crippen molar-refractivity contribution < 1.29 is 0 Å². The molecular formula is C14H11BrS4. The molecule has 0 saturated carbocycles. The molecule has 0 amide bonds. The molecule has 0 unspecified atom stereocenters. The third-order valence-electron chi connectivity index (χ3n) is 2.91. The van der Waals surface area contributed by atoms with Crippen LogP contribution in [0.1, 0.15) is 11.1 Å². The van der Waals surface area contributed by atoms with Gasteiger partial charge in [0.25, 0.3) is 0 Å². The van der Waals surface area contributed by atoms with Crippen molar-refractivity contribution in [2.24, 2.45) is 0 Å². The fourth-order valence-corrected chi connectivity index (χ4v) is 6.85. The molecule has 4 aromatic rings. The van der Waals surface area contributed by atoms with Crippen LogP contribution in [-0.2, 0) is 0 Å². The van der Waals surface area contributed by atoms with E-state index in [2.05, 4.69) is 58.1 Å². The Kier molecular flexibility index (Phi) is 4.10. The van der Waals surface area contributed by atoms with Gasteiger partial charge < -0.3 is 0 Å². The topological polar surface area (TPSA) is 0 Å². The second-order valence-electron chi connectivity index (χ2n) is 4.16. The van der Waals surface area contributed by atoms with Crippen molar-refractivity contribution in [3.63, 3.8) is 0 Å². The summed E-state index contributed by atoms with van der Waals surface area (Å²) in [6.07, 6.45) is 0. The fraction of sp³-hybridized carbons (Fsp3) is 0.143. The van der Waals surface area contributed by atoms with Crippen LogP contribution in [0.4, 0.5) is 0 Å². The molecule has 0 nitrogen and oxygen atoms in total. The van der Waals surface area contributed by atoms with E-state index >= 15 is 0 Å². The van der Waals surface area contributed by atoms with Crippen LogP contribution in [0.15, 0.2) is 32.1 Å². The SMILES string of the molecule is Cc1c(Br)sc2sccc12.Cc1csc2sccc12. The van der Waals surface area contributed by atoms with Crippen LogP contribution in [0.5, 0.6) is 0 Å². The van der Waals surface area contributed by atoms with Crippen molar-refractivity contribution in [1.29, 1.82) is 0 Å². The van der Waals surface area contributed by atoms with Crippen molar-refractivity contribution >= 4 is 80.1 Å². The Morgan fingerprint density at radius 2 is 1.58 bits per heavy atom. The van der Waals surface area contributed by atoms with Crippen LogP contribution in [0.25, 0.3) is 18.8 Å². The molecule has 4 aromatic heterocycles. The molecule has 0 atom stereocenters.